The van der Waals surface area contributed by atoms with E-state index in [2.05, 4.69) is 35.6 Å². The zero-order valence-corrected chi connectivity index (χ0v) is 19.0. The third kappa shape index (κ3) is 3.90. The third-order valence-electron chi connectivity index (χ3n) is 5.87. The number of likely N-dealkylation sites (tertiary alicyclic amines) is 1. The molecular weight excluding hydrogens is 436 g/mol. The Kier molecular flexibility index (Phi) is 5.33. The van der Waals surface area contributed by atoms with Gasteiger partial charge in [-0.15, -0.1) is 0 Å². The minimum absolute atomic E-state index is 0.0869. The second-order valence-electron chi connectivity index (χ2n) is 8.43. The number of rotatable bonds is 6. The summed E-state index contributed by atoms with van der Waals surface area (Å²) in [6, 6.07) is 10.6. The van der Waals surface area contributed by atoms with E-state index >= 15 is 0 Å². The van der Waals surface area contributed by atoms with Crippen LogP contribution in [0, 0.1) is 6.92 Å². The first-order valence-corrected chi connectivity index (χ1v) is 10.9. The lowest BCUT2D eigenvalue weighted by Crippen LogP contribution is -2.35. The van der Waals surface area contributed by atoms with Gasteiger partial charge in [0.1, 0.15) is 5.69 Å². The van der Waals surface area contributed by atoms with Gasteiger partial charge in [-0.1, -0.05) is 11.2 Å². The lowest BCUT2D eigenvalue weighted by molar-refractivity contribution is -0.144. The fourth-order valence-electron chi connectivity index (χ4n) is 3.89. The van der Waals surface area contributed by atoms with Crippen LogP contribution in [0.4, 0.5) is 5.95 Å². The molecule has 3 N–H and O–H groups in total. The molecule has 5 heterocycles. The van der Waals surface area contributed by atoms with E-state index in [1.54, 1.807) is 31.4 Å². The second-order valence-corrected chi connectivity index (χ2v) is 8.43. The Labute approximate surface area is 195 Å². The number of hydrogen-bond donors (Lipinski definition) is 3. The van der Waals surface area contributed by atoms with Crippen LogP contribution in [-0.4, -0.2) is 59.8 Å². The number of nitrogens with one attached hydrogen (secondary N) is 2. The van der Waals surface area contributed by atoms with Gasteiger partial charge in [0.05, 0.1) is 28.8 Å². The quantitative estimate of drug-likeness (QED) is 0.395. The molecule has 0 spiro atoms. The van der Waals surface area contributed by atoms with Crippen LogP contribution in [0.2, 0.25) is 0 Å². The molecule has 0 saturated carbocycles. The van der Waals surface area contributed by atoms with E-state index in [0.717, 1.165) is 11.4 Å². The highest BCUT2D eigenvalue weighted by Crippen LogP contribution is 2.34. The van der Waals surface area contributed by atoms with Crippen LogP contribution in [0.15, 0.2) is 47.1 Å². The number of hydrogen-bond acceptors (Lipinski definition) is 9. The number of pyridine rings is 1. The van der Waals surface area contributed by atoms with Crippen molar-refractivity contribution in [1.82, 2.24) is 35.2 Å². The lowest BCUT2D eigenvalue weighted by Gasteiger charge is -2.16. The van der Waals surface area contributed by atoms with Crippen molar-refractivity contribution in [2.75, 3.05) is 18.9 Å². The second kappa shape index (κ2) is 8.34. The van der Waals surface area contributed by atoms with Crippen molar-refractivity contribution in [1.29, 1.82) is 0 Å². The van der Waals surface area contributed by atoms with Gasteiger partial charge in [0, 0.05) is 38.0 Å². The summed E-state index contributed by atoms with van der Waals surface area (Å²) in [5, 5.41) is 25.3. The predicted octanol–water partition coefficient (Wildman–Crippen LogP) is 2.45. The molecule has 4 aromatic rings. The largest absolute Gasteiger partial charge is 0.373 e. The summed E-state index contributed by atoms with van der Waals surface area (Å²) in [4.78, 5) is 27.4. The highest BCUT2D eigenvalue weighted by Gasteiger charge is 2.48. The summed E-state index contributed by atoms with van der Waals surface area (Å²) in [6.07, 6.45) is 1.91. The molecule has 5 rings (SSSR count). The molecule has 1 aliphatic heterocycles. The number of carbonyl (C=O) groups is 1. The molecule has 11 nitrogen and oxygen atoms in total. The average molecular weight is 460 g/mol. The maximum absolute atomic E-state index is 12.4. The van der Waals surface area contributed by atoms with E-state index in [4.69, 9.17) is 4.52 Å². The molecular formula is C23H24N8O3. The smallest absolute Gasteiger partial charge is 0.262 e. The van der Waals surface area contributed by atoms with Gasteiger partial charge in [-0.3, -0.25) is 9.89 Å². The van der Waals surface area contributed by atoms with Crippen molar-refractivity contribution < 1.29 is 14.4 Å². The van der Waals surface area contributed by atoms with Crippen molar-refractivity contribution in [3.8, 4) is 22.8 Å². The highest BCUT2D eigenvalue weighted by atomic mass is 16.5. The molecule has 4 aromatic heterocycles. The minimum atomic E-state index is -1.70. The highest BCUT2D eigenvalue weighted by molar-refractivity contribution is 5.87. The molecule has 174 valence electrons. The van der Waals surface area contributed by atoms with Gasteiger partial charge in [0.2, 0.25) is 11.5 Å². The lowest BCUT2D eigenvalue weighted by atomic mass is 9.98. The minimum Gasteiger partial charge on any atom is -0.373 e. The Morgan fingerprint density at radius 1 is 1.18 bits per heavy atom. The van der Waals surface area contributed by atoms with E-state index in [1.807, 2.05) is 32.0 Å². The van der Waals surface area contributed by atoms with Gasteiger partial charge in [-0.05, 0) is 38.1 Å². The van der Waals surface area contributed by atoms with Crippen LogP contribution in [0.3, 0.4) is 0 Å². The van der Waals surface area contributed by atoms with Crippen molar-refractivity contribution >= 4 is 11.9 Å². The number of aromatic nitrogens is 6. The van der Waals surface area contributed by atoms with E-state index in [0.29, 0.717) is 35.3 Å². The van der Waals surface area contributed by atoms with Crippen LogP contribution < -0.4 is 5.32 Å². The Hall–Kier alpha value is -4.12. The third-order valence-corrected chi connectivity index (χ3v) is 5.87. The summed E-state index contributed by atoms with van der Waals surface area (Å²) in [6.45, 7) is 4.37. The first kappa shape index (κ1) is 21.7. The van der Waals surface area contributed by atoms with Crippen molar-refractivity contribution in [3.05, 3.63) is 59.7 Å². The van der Waals surface area contributed by atoms with Gasteiger partial charge in [-0.2, -0.15) is 5.10 Å². The van der Waals surface area contributed by atoms with Gasteiger partial charge >= 0.3 is 0 Å². The first-order valence-electron chi connectivity index (χ1n) is 10.9. The summed E-state index contributed by atoms with van der Waals surface area (Å²) in [5.41, 5.74) is 2.33. The molecule has 0 bridgehead atoms. The van der Waals surface area contributed by atoms with E-state index in [9.17, 15) is 9.90 Å². The zero-order valence-electron chi connectivity index (χ0n) is 19.0. The average Bonchev–Trinajstić information content (AvgIpc) is 3.57. The SMILES string of the molecule is Cc1cc(C(C)Nc2nccc(-c3cccc(-c4cc(C5(O)CCN(C)C5=O)on4)n3)n2)n[nH]1. The number of nitrogens with zero attached hydrogens (tertiary/aromatic N) is 6. The fourth-order valence-corrected chi connectivity index (χ4v) is 3.89. The number of carbonyl (C=O) groups excluding carboxylic acids is 1. The van der Waals surface area contributed by atoms with Crippen molar-refractivity contribution in [2.24, 2.45) is 0 Å². The molecule has 0 aromatic carbocycles. The van der Waals surface area contributed by atoms with Crippen molar-refractivity contribution in [2.45, 2.75) is 31.9 Å². The number of aromatic amines is 1. The van der Waals surface area contributed by atoms with E-state index in [-0.39, 0.29) is 18.2 Å². The number of amides is 1. The number of H-pyrrole nitrogens is 1. The van der Waals surface area contributed by atoms with Crippen LogP contribution in [0.25, 0.3) is 22.8 Å². The summed E-state index contributed by atoms with van der Waals surface area (Å²) < 4.78 is 5.35. The number of likely N-dealkylation sites (N-methyl/N-ethyl adjacent to an activating group) is 1. The van der Waals surface area contributed by atoms with Crippen LogP contribution >= 0.6 is 0 Å². The predicted molar refractivity (Wildman–Crippen MR) is 122 cm³/mol. The molecule has 2 unspecified atom stereocenters. The number of aryl methyl sites for hydroxylation is 1. The Morgan fingerprint density at radius 2 is 1.94 bits per heavy atom. The molecule has 2 atom stereocenters. The molecule has 1 aliphatic rings. The van der Waals surface area contributed by atoms with Gasteiger partial charge < -0.3 is 19.8 Å². The van der Waals surface area contributed by atoms with E-state index in [1.165, 1.54) is 4.90 Å². The van der Waals surface area contributed by atoms with Gasteiger partial charge in [0.25, 0.3) is 5.91 Å². The normalized spacial score (nSPS) is 18.9. The topological polar surface area (TPSA) is 146 Å². The number of aliphatic hydroxyl groups is 1. The van der Waals surface area contributed by atoms with Crippen LogP contribution in [0.5, 0.6) is 0 Å². The molecule has 0 radical (unpaired) electrons. The maximum Gasteiger partial charge on any atom is 0.262 e. The van der Waals surface area contributed by atoms with Crippen LogP contribution in [-0.2, 0) is 10.4 Å². The molecule has 34 heavy (non-hydrogen) atoms. The maximum atomic E-state index is 12.4. The first-order chi connectivity index (χ1) is 16.3. The van der Waals surface area contributed by atoms with Gasteiger partial charge in [0.15, 0.2) is 5.76 Å². The summed E-state index contributed by atoms with van der Waals surface area (Å²) >= 11 is 0. The summed E-state index contributed by atoms with van der Waals surface area (Å²) in [7, 11) is 1.64. The zero-order chi connectivity index (χ0) is 23.9. The Morgan fingerprint density at radius 3 is 2.65 bits per heavy atom. The molecule has 11 heteroatoms. The monoisotopic (exact) mass is 460 g/mol. The standard InChI is InChI=1S/C23H24N8O3/c1-13-11-18(29-28-13)14(2)25-22-24-9-7-17(27-22)15-5-4-6-16(26-15)19-12-20(34-30-19)23(33)8-10-31(3)21(23)32/h4-7,9,11-12,14,33H,8,10H2,1-3H3,(H,28,29)(H,24,25,27). The molecule has 1 amide bonds. The molecule has 1 fully saturated rings. The Bertz CT molecular complexity index is 1350. The van der Waals surface area contributed by atoms with Crippen LogP contribution in [0.1, 0.15) is 36.5 Å². The van der Waals surface area contributed by atoms with Crippen molar-refractivity contribution in [3.63, 3.8) is 0 Å². The summed E-state index contributed by atoms with van der Waals surface area (Å²) in [5.74, 6) is 0.157. The fraction of sp³-hybridized carbons (Fsp3) is 0.304. The Balaban J connectivity index is 1.38. The molecule has 1 saturated heterocycles. The van der Waals surface area contributed by atoms with Gasteiger partial charge in [-0.25, -0.2) is 15.0 Å². The number of anilines is 1. The van der Waals surface area contributed by atoms with E-state index < -0.39 is 11.5 Å². The molecule has 0 aliphatic carbocycles.